The monoisotopic (exact) mass is 487 g/mol. The van der Waals surface area contributed by atoms with Crippen LogP contribution in [-0.2, 0) is 11.2 Å². The molecule has 2 aliphatic rings. The summed E-state index contributed by atoms with van der Waals surface area (Å²) in [5.41, 5.74) is 8.78. The minimum Gasteiger partial charge on any atom is -0.356 e. The molecule has 6 heteroatoms. The molecule has 192 valence electrons. The van der Waals surface area contributed by atoms with Gasteiger partial charge in [-0.2, -0.15) is 5.10 Å². The number of carbonyl (C=O) groups is 1. The Morgan fingerprint density at radius 1 is 1.03 bits per heavy atom. The minimum absolute atomic E-state index is 0.149. The molecule has 0 spiro atoms. The summed E-state index contributed by atoms with van der Waals surface area (Å²) in [5.74, 6) is 0.741. The molecule has 3 aromatic rings. The Hall–Kier alpha value is -2.73. The zero-order valence-electron chi connectivity index (χ0n) is 22.7. The molecule has 1 aliphatic carbocycles. The number of hydrogen-bond donors (Lipinski definition) is 1. The number of amides is 1. The second-order valence-electron chi connectivity index (χ2n) is 11.2. The maximum absolute atomic E-state index is 12.8. The van der Waals surface area contributed by atoms with Gasteiger partial charge in [0.15, 0.2) is 5.65 Å². The molecule has 1 atom stereocenters. The van der Waals surface area contributed by atoms with E-state index < -0.39 is 0 Å². The smallest absolute Gasteiger partial charge is 0.220 e. The first kappa shape index (κ1) is 24.9. The van der Waals surface area contributed by atoms with E-state index in [2.05, 4.69) is 63.0 Å². The highest BCUT2D eigenvalue weighted by molar-refractivity contribution is 5.85. The molecule has 36 heavy (non-hydrogen) atoms. The lowest BCUT2D eigenvalue weighted by atomic mass is 9.99. The molecule has 6 nitrogen and oxygen atoms in total. The zero-order valence-corrected chi connectivity index (χ0v) is 22.7. The van der Waals surface area contributed by atoms with Crippen molar-refractivity contribution >= 4 is 16.9 Å². The Morgan fingerprint density at radius 3 is 2.56 bits per heavy atom. The molecule has 0 bridgehead atoms. The molecular weight excluding hydrogens is 446 g/mol. The summed E-state index contributed by atoms with van der Waals surface area (Å²) in [6.45, 7) is 13.7. The lowest BCUT2D eigenvalue weighted by Crippen LogP contribution is -2.34. The molecule has 0 unspecified atom stereocenters. The van der Waals surface area contributed by atoms with Gasteiger partial charge in [-0.1, -0.05) is 18.9 Å². The van der Waals surface area contributed by atoms with E-state index in [9.17, 15) is 4.79 Å². The predicted molar refractivity (Wildman–Crippen MR) is 146 cm³/mol. The van der Waals surface area contributed by atoms with Crippen LogP contribution in [0.15, 0.2) is 18.2 Å². The van der Waals surface area contributed by atoms with Gasteiger partial charge < -0.3 is 10.2 Å². The molecule has 2 fully saturated rings. The number of nitrogens with one attached hydrogen (secondary N) is 1. The zero-order chi connectivity index (χ0) is 25.4. The van der Waals surface area contributed by atoms with E-state index in [0.29, 0.717) is 18.8 Å². The highest BCUT2D eigenvalue weighted by atomic mass is 16.1. The Labute approximate surface area is 215 Å². The van der Waals surface area contributed by atoms with Gasteiger partial charge in [-0.15, -0.1) is 0 Å². The molecule has 1 amide bonds. The predicted octanol–water partition coefficient (Wildman–Crippen LogP) is 5.28. The van der Waals surface area contributed by atoms with Gasteiger partial charge in [-0.25, -0.2) is 9.67 Å². The number of aromatic nitrogens is 3. The van der Waals surface area contributed by atoms with Crippen molar-refractivity contribution < 1.29 is 4.79 Å². The Bertz CT molecular complexity index is 1270. The molecule has 3 heterocycles. The number of carbonyl (C=O) groups excluding carboxylic acids is 1. The van der Waals surface area contributed by atoms with Crippen molar-refractivity contribution in [3.05, 3.63) is 51.8 Å². The highest BCUT2D eigenvalue weighted by Crippen LogP contribution is 2.30. The summed E-state index contributed by atoms with van der Waals surface area (Å²) in [7, 11) is 0. The average molecular weight is 488 g/mol. The van der Waals surface area contributed by atoms with Crippen molar-refractivity contribution in [2.45, 2.75) is 85.6 Å². The molecule has 5 rings (SSSR count). The van der Waals surface area contributed by atoms with Crippen LogP contribution < -0.4 is 5.32 Å². The van der Waals surface area contributed by atoms with Crippen LogP contribution >= 0.6 is 0 Å². The largest absolute Gasteiger partial charge is 0.356 e. The third kappa shape index (κ3) is 4.93. The van der Waals surface area contributed by atoms with Gasteiger partial charge in [-0.3, -0.25) is 4.79 Å². The number of benzene rings is 1. The van der Waals surface area contributed by atoms with Gasteiger partial charge in [0.05, 0.1) is 11.4 Å². The van der Waals surface area contributed by atoms with Crippen molar-refractivity contribution in [3.8, 4) is 5.69 Å². The van der Waals surface area contributed by atoms with Gasteiger partial charge in [-0.05, 0) is 107 Å². The summed E-state index contributed by atoms with van der Waals surface area (Å²) >= 11 is 0. The van der Waals surface area contributed by atoms with Crippen LogP contribution in [0.1, 0.15) is 72.2 Å². The fourth-order valence-corrected chi connectivity index (χ4v) is 6.33. The minimum atomic E-state index is 0.149. The van der Waals surface area contributed by atoms with Crippen LogP contribution in [0.2, 0.25) is 0 Å². The molecule has 0 radical (unpaired) electrons. The van der Waals surface area contributed by atoms with Crippen molar-refractivity contribution in [3.63, 3.8) is 0 Å². The second-order valence-corrected chi connectivity index (χ2v) is 11.2. The highest BCUT2D eigenvalue weighted by Gasteiger charge is 2.30. The van der Waals surface area contributed by atoms with E-state index in [0.717, 1.165) is 47.2 Å². The molecule has 1 aromatic carbocycles. The second kappa shape index (κ2) is 10.3. The Balaban J connectivity index is 1.24. The molecule has 1 saturated heterocycles. The van der Waals surface area contributed by atoms with Crippen molar-refractivity contribution in [2.75, 3.05) is 19.6 Å². The summed E-state index contributed by atoms with van der Waals surface area (Å²) in [6, 6.07) is 7.21. The molecule has 1 N–H and O–H groups in total. The molecule has 2 aromatic heterocycles. The average Bonchev–Trinajstić information content (AvgIpc) is 3.60. The van der Waals surface area contributed by atoms with Gasteiger partial charge in [0.25, 0.3) is 0 Å². The first-order valence-electron chi connectivity index (χ1n) is 13.8. The van der Waals surface area contributed by atoms with E-state index in [4.69, 9.17) is 10.1 Å². The lowest BCUT2D eigenvalue weighted by molar-refractivity contribution is -0.121. The first-order chi connectivity index (χ1) is 17.3. The first-order valence-corrected chi connectivity index (χ1v) is 13.8. The standard InChI is InChI=1S/C30H41N5O/c1-19-10-11-26(16-20(19)2)35-30-29(23(5)33-35)21(3)27(22(4)32-30)12-13-28(36)31-17-24-14-15-34(18-24)25-8-6-7-9-25/h10-11,16,24-25H,6-9,12-15,17-18H2,1-5H3,(H,31,36)/t24-/m0/s1. The van der Waals surface area contributed by atoms with Crippen LogP contribution in [0.25, 0.3) is 16.7 Å². The number of fused-ring (bicyclic) bond motifs is 1. The van der Waals surface area contributed by atoms with Crippen LogP contribution in [0, 0.1) is 40.5 Å². The number of aryl methyl sites for hydroxylation is 5. The van der Waals surface area contributed by atoms with Crippen LogP contribution in [0.5, 0.6) is 0 Å². The Morgan fingerprint density at radius 2 is 1.81 bits per heavy atom. The number of likely N-dealkylation sites (tertiary alicyclic amines) is 1. The molecular formula is C30H41N5O. The van der Waals surface area contributed by atoms with Crippen molar-refractivity contribution in [2.24, 2.45) is 5.92 Å². The van der Waals surface area contributed by atoms with Gasteiger partial charge >= 0.3 is 0 Å². The summed E-state index contributed by atoms with van der Waals surface area (Å²) in [5, 5.41) is 9.18. The number of pyridine rings is 1. The quantitative estimate of drug-likeness (QED) is 0.493. The van der Waals surface area contributed by atoms with E-state index in [1.807, 2.05) is 4.68 Å². The fourth-order valence-electron chi connectivity index (χ4n) is 6.33. The van der Waals surface area contributed by atoms with Gasteiger partial charge in [0, 0.05) is 36.6 Å². The summed E-state index contributed by atoms with van der Waals surface area (Å²) in [6.07, 6.45) is 7.90. The van der Waals surface area contributed by atoms with E-state index >= 15 is 0 Å². The fraction of sp³-hybridized carbons (Fsp3) is 0.567. The Kier molecular flexibility index (Phi) is 7.16. The van der Waals surface area contributed by atoms with Crippen LogP contribution in [0.4, 0.5) is 0 Å². The molecule has 1 saturated carbocycles. The summed E-state index contributed by atoms with van der Waals surface area (Å²) in [4.78, 5) is 20.4. The number of rotatable bonds is 7. The van der Waals surface area contributed by atoms with E-state index in [1.54, 1.807) is 0 Å². The topological polar surface area (TPSA) is 63.1 Å². The van der Waals surface area contributed by atoms with Gasteiger partial charge in [0.1, 0.15) is 0 Å². The van der Waals surface area contributed by atoms with E-state index in [1.165, 1.54) is 60.9 Å². The summed E-state index contributed by atoms with van der Waals surface area (Å²) < 4.78 is 1.96. The normalized spacial score (nSPS) is 19.0. The van der Waals surface area contributed by atoms with Gasteiger partial charge in [0.2, 0.25) is 5.91 Å². The third-order valence-corrected chi connectivity index (χ3v) is 8.66. The maximum Gasteiger partial charge on any atom is 0.220 e. The number of nitrogens with zero attached hydrogens (tertiary/aromatic N) is 4. The maximum atomic E-state index is 12.8. The molecule has 1 aliphatic heterocycles. The van der Waals surface area contributed by atoms with Crippen molar-refractivity contribution in [1.29, 1.82) is 0 Å². The van der Waals surface area contributed by atoms with Crippen molar-refractivity contribution in [1.82, 2.24) is 25.0 Å². The van der Waals surface area contributed by atoms with E-state index in [-0.39, 0.29) is 5.91 Å². The number of hydrogen-bond acceptors (Lipinski definition) is 4. The lowest BCUT2D eigenvalue weighted by Gasteiger charge is -2.23. The third-order valence-electron chi connectivity index (χ3n) is 8.66. The SMILES string of the molecule is Cc1ccc(-n2nc(C)c3c(C)c(CCC(=O)NC[C@@H]4CCN(C5CCCC5)C4)c(C)nc32)cc1C. The van der Waals surface area contributed by atoms with Crippen LogP contribution in [0.3, 0.4) is 0 Å². The van der Waals surface area contributed by atoms with Crippen LogP contribution in [-0.4, -0.2) is 51.2 Å².